The van der Waals surface area contributed by atoms with Gasteiger partial charge in [-0.2, -0.15) is 9.49 Å². The summed E-state index contributed by atoms with van der Waals surface area (Å²) in [5, 5.41) is 8.42. The molecule has 2 N–H and O–H groups in total. The molecule has 0 fully saturated rings. The molecule has 0 atom stereocenters. The van der Waals surface area contributed by atoms with Crippen molar-refractivity contribution in [3.05, 3.63) is 77.6 Å². The van der Waals surface area contributed by atoms with Crippen molar-refractivity contribution in [1.29, 1.82) is 0 Å². The molecule has 5 aromatic heterocycles. The number of nitrogens with zero attached hydrogens (tertiary/aromatic N) is 3. The van der Waals surface area contributed by atoms with Crippen molar-refractivity contribution in [2.75, 3.05) is 0 Å². The molecule has 6 rings (SSSR count). The van der Waals surface area contributed by atoms with Crippen molar-refractivity contribution < 1.29 is 4.39 Å². The maximum atomic E-state index is 13.6. The third-order valence-corrected chi connectivity index (χ3v) is 6.25. The van der Waals surface area contributed by atoms with E-state index in [1.165, 1.54) is 6.07 Å². The minimum Gasteiger partial charge on any atom is -0.353 e. The molecule has 0 saturated carbocycles. The van der Waals surface area contributed by atoms with Gasteiger partial charge in [0, 0.05) is 27.5 Å². The van der Waals surface area contributed by atoms with Gasteiger partial charge in [-0.1, -0.05) is 12.1 Å². The zero-order valence-corrected chi connectivity index (χ0v) is 17.3. The molecule has 1 aromatic carbocycles. The van der Waals surface area contributed by atoms with Crippen molar-refractivity contribution in [2.24, 2.45) is 0 Å². The molecule has 150 valence electrons. The monoisotopic (exact) mass is 425 g/mol. The number of hydrogen-bond acceptors (Lipinski definition) is 4. The van der Waals surface area contributed by atoms with E-state index >= 15 is 0 Å². The van der Waals surface area contributed by atoms with Gasteiger partial charge >= 0.3 is 0 Å². The van der Waals surface area contributed by atoms with E-state index in [-0.39, 0.29) is 5.13 Å². The second kappa shape index (κ2) is 6.85. The fourth-order valence-electron chi connectivity index (χ4n) is 3.86. The van der Waals surface area contributed by atoms with Crippen LogP contribution in [0.25, 0.3) is 55.2 Å². The summed E-state index contributed by atoms with van der Waals surface area (Å²) in [4.78, 5) is 13.7. The maximum Gasteiger partial charge on any atom is 0.176 e. The molecule has 6 aromatic rings. The first-order valence-corrected chi connectivity index (χ1v) is 10.6. The number of benzene rings is 1. The van der Waals surface area contributed by atoms with Crippen LogP contribution in [-0.4, -0.2) is 25.1 Å². The van der Waals surface area contributed by atoms with Gasteiger partial charge in [-0.3, -0.25) is 10.1 Å². The van der Waals surface area contributed by atoms with Crippen molar-refractivity contribution in [2.45, 2.75) is 6.92 Å². The summed E-state index contributed by atoms with van der Waals surface area (Å²) in [6.45, 7) is 2.04. The topological polar surface area (TPSA) is 70.2 Å². The predicted molar refractivity (Wildman–Crippen MR) is 122 cm³/mol. The van der Waals surface area contributed by atoms with Gasteiger partial charge in [-0.15, -0.1) is 11.3 Å². The molecule has 5 nitrogen and oxygen atoms in total. The second-order valence-corrected chi connectivity index (χ2v) is 8.47. The van der Waals surface area contributed by atoms with E-state index in [1.807, 2.05) is 55.5 Å². The number of fused-ring (bicyclic) bond motifs is 2. The highest BCUT2D eigenvalue weighted by atomic mass is 32.1. The Kier molecular flexibility index (Phi) is 3.97. The SMILES string of the molecule is Cc1ccnc(-c2ccc3[nH]nc(-c4cc5c(-c6ccc(F)s6)cccc5[nH]4)c3n2)c1. The van der Waals surface area contributed by atoms with Crippen LogP contribution in [0, 0.1) is 12.1 Å². The molecule has 7 heteroatoms. The van der Waals surface area contributed by atoms with Gasteiger partial charge < -0.3 is 4.98 Å². The van der Waals surface area contributed by atoms with Crippen LogP contribution >= 0.6 is 11.3 Å². The molecule has 0 bridgehead atoms. The average Bonchev–Trinajstić information content (AvgIpc) is 3.50. The number of pyridine rings is 2. The lowest BCUT2D eigenvalue weighted by molar-refractivity contribution is 0.657. The largest absolute Gasteiger partial charge is 0.353 e. The van der Waals surface area contributed by atoms with E-state index in [1.54, 1.807) is 6.20 Å². The van der Waals surface area contributed by atoms with Gasteiger partial charge in [-0.25, -0.2) is 4.98 Å². The zero-order chi connectivity index (χ0) is 20.9. The lowest BCUT2D eigenvalue weighted by Crippen LogP contribution is -1.89. The molecule has 0 unspecified atom stereocenters. The van der Waals surface area contributed by atoms with Crippen molar-refractivity contribution >= 4 is 33.3 Å². The Morgan fingerprint density at radius 1 is 0.935 bits per heavy atom. The van der Waals surface area contributed by atoms with Crippen LogP contribution < -0.4 is 0 Å². The number of thiophene rings is 1. The molecule has 0 aliphatic rings. The van der Waals surface area contributed by atoms with Crippen LogP contribution in [0.5, 0.6) is 0 Å². The standard InChI is InChI=1S/C24H16FN5S/c1-13-9-10-26-19(11-13)17-5-6-18-23(28-17)24(30-29-18)20-12-15-14(3-2-4-16(15)27-20)21-7-8-22(25)31-21/h2-12,27H,1H3,(H,29,30). The number of rotatable bonds is 3. The third kappa shape index (κ3) is 3.02. The van der Waals surface area contributed by atoms with Gasteiger partial charge in [0.05, 0.1) is 22.6 Å². The summed E-state index contributed by atoms with van der Waals surface area (Å²) in [5.74, 6) is 0. The molecule has 0 aliphatic heterocycles. The average molecular weight is 425 g/mol. The first kappa shape index (κ1) is 18.0. The van der Waals surface area contributed by atoms with Crippen molar-refractivity contribution in [3.63, 3.8) is 0 Å². The fourth-order valence-corrected chi connectivity index (χ4v) is 4.63. The van der Waals surface area contributed by atoms with Crippen LogP contribution in [0.4, 0.5) is 4.39 Å². The summed E-state index contributed by atoms with van der Waals surface area (Å²) >= 11 is 1.14. The van der Waals surface area contributed by atoms with Crippen LogP contribution in [0.1, 0.15) is 5.56 Å². The Morgan fingerprint density at radius 3 is 2.71 bits per heavy atom. The van der Waals surface area contributed by atoms with E-state index < -0.39 is 0 Å². The molecule has 0 radical (unpaired) electrons. The summed E-state index contributed by atoms with van der Waals surface area (Å²) in [7, 11) is 0. The summed E-state index contributed by atoms with van der Waals surface area (Å²) < 4.78 is 13.6. The summed E-state index contributed by atoms with van der Waals surface area (Å²) in [6.07, 6.45) is 1.79. The van der Waals surface area contributed by atoms with E-state index in [2.05, 4.69) is 26.2 Å². The number of aromatic nitrogens is 5. The van der Waals surface area contributed by atoms with Gasteiger partial charge in [0.2, 0.25) is 0 Å². The zero-order valence-electron chi connectivity index (χ0n) is 16.5. The lowest BCUT2D eigenvalue weighted by Gasteiger charge is -2.02. The van der Waals surface area contributed by atoms with Gasteiger partial charge in [0.25, 0.3) is 0 Å². The van der Waals surface area contributed by atoms with Crippen LogP contribution in [0.3, 0.4) is 0 Å². The number of hydrogen-bond donors (Lipinski definition) is 2. The first-order chi connectivity index (χ1) is 15.2. The maximum absolute atomic E-state index is 13.6. The van der Waals surface area contributed by atoms with Crippen molar-refractivity contribution in [1.82, 2.24) is 25.1 Å². The number of nitrogens with one attached hydrogen (secondary N) is 2. The molecule has 0 spiro atoms. The minimum absolute atomic E-state index is 0.192. The predicted octanol–water partition coefficient (Wildman–Crippen LogP) is 6.34. The number of H-pyrrole nitrogens is 2. The second-order valence-electron chi connectivity index (χ2n) is 7.44. The molecule has 0 aliphatic carbocycles. The fraction of sp³-hybridized carbons (Fsp3) is 0.0417. The third-order valence-electron chi connectivity index (χ3n) is 5.34. The Bertz CT molecular complexity index is 1580. The summed E-state index contributed by atoms with van der Waals surface area (Å²) in [5.41, 5.74) is 7.93. The van der Waals surface area contributed by atoms with Crippen LogP contribution in [0.2, 0.25) is 0 Å². The highest BCUT2D eigenvalue weighted by molar-refractivity contribution is 7.14. The van der Waals surface area contributed by atoms with Gasteiger partial charge in [0.1, 0.15) is 11.2 Å². The number of halogens is 1. The van der Waals surface area contributed by atoms with Crippen LogP contribution in [0.15, 0.2) is 66.9 Å². The molecular formula is C24H16FN5S. The van der Waals surface area contributed by atoms with Gasteiger partial charge in [0.15, 0.2) is 5.13 Å². The summed E-state index contributed by atoms with van der Waals surface area (Å²) in [6, 6.07) is 19.3. The van der Waals surface area contributed by atoms with E-state index in [4.69, 9.17) is 4.98 Å². The molecule has 0 saturated heterocycles. The number of aryl methyl sites for hydroxylation is 1. The first-order valence-electron chi connectivity index (χ1n) is 9.82. The number of aromatic amines is 2. The van der Waals surface area contributed by atoms with Crippen LogP contribution in [-0.2, 0) is 0 Å². The Labute approximate surface area is 180 Å². The normalized spacial score (nSPS) is 11.5. The minimum atomic E-state index is -0.192. The van der Waals surface area contributed by atoms with E-state index in [0.29, 0.717) is 0 Å². The molecule has 31 heavy (non-hydrogen) atoms. The molecule has 0 amide bonds. The van der Waals surface area contributed by atoms with Crippen molar-refractivity contribution in [3.8, 4) is 33.2 Å². The molecule has 5 heterocycles. The van der Waals surface area contributed by atoms with E-state index in [9.17, 15) is 4.39 Å². The Hall–Kier alpha value is -3.84. The highest BCUT2D eigenvalue weighted by Gasteiger charge is 2.16. The Morgan fingerprint density at radius 2 is 1.87 bits per heavy atom. The highest BCUT2D eigenvalue weighted by Crippen LogP contribution is 2.36. The lowest BCUT2D eigenvalue weighted by atomic mass is 10.1. The molecular weight excluding hydrogens is 409 g/mol. The quantitative estimate of drug-likeness (QED) is 0.347. The van der Waals surface area contributed by atoms with Gasteiger partial charge in [-0.05, 0) is 61.0 Å². The van der Waals surface area contributed by atoms with E-state index in [0.717, 1.165) is 72.1 Å². The Balaban J connectivity index is 1.51. The smallest absolute Gasteiger partial charge is 0.176 e.